The molecule has 0 unspecified atom stereocenters. The minimum atomic E-state index is -0.564. The molecular weight excluding hydrogens is 451 g/mol. The van der Waals surface area contributed by atoms with Gasteiger partial charge in [-0.2, -0.15) is 0 Å². The molecule has 0 bridgehead atoms. The molecule has 2 aromatic carbocycles. The molecule has 30 heavy (non-hydrogen) atoms. The number of halogens is 2. The van der Waals surface area contributed by atoms with Crippen LogP contribution in [0.5, 0.6) is 0 Å². The third-order valence-electron chi connectivity index (χ3n) is 4.21. The van der Waals surface area contributed by atoms with Gasteiger partial charge in [-0.15, -0.1) is 0 Å². The van der Waals surface area contributed by atoms with Crippen LogP contribution in [0.25, 0.3) is 17.4 Å². The maximum Gasteiger partial charge on any atom is 0.281 e. The molecule has 1 aromatic heterocycles. The number of thiocarbonyl (C=S) groups is 1. The van der Waals surface area contributed by atoms with Gasteiger partial charge in [-0.05, 0) is 36.4 Å². The number of nitro benzene ring substituents is 1. The summed E-state index contributed by atoms with van der Waals surface area (Å²) in [5.74, 6) is -0.506. The van der Waals surface area contributed by atoms with Gasteiger partial charge in [0.05, 0.1) is 21.1 Å². The van der Waals surface area contributed by atoms with Crippen molar-refractivity contribution < 1.29 is 18.5 Å². The number of hydrogen-bond acceptors (Lipinski definition) is 6. The van der Waals surface area contributed by atoms with Gasteiger partial charge in [0, 0.05) is 17.2 Å². The maximum atomic E-state index is 14.1. The van der Waals surface area contributed by atoms with Crippen LogP contribution in [-0.4, -0.2) is 15.2 Å². The summed E-state index contributed by atoms with van der Waals surface area (Å²) >= 11 is 12.1. The highest BCUT2D eigenvalue weighted by Gasteiger charge is 2.35. The average Bonchev–Trinajstić information content (AvgIpc) is 3.27. The van der Waals surface area contributed by atoms with Crippen LogP contribution < -0.4 is 4.90 Å². The summed E-state index contributed by atoms with van der Waals surface area (Å²) in [6.45, 7) is 0. The van der Waals surface area contributed by atoms with Crippen LogP contribution in [-0.2, 0) is 4.79 Å². The lowest BCUT2D eigenvalue weighted by atomic mass is 10.1. The van der Waals surface area contributed by atoms with Crippen molar-refractivity contribution in [2.24, 2.45) is 0 Å². The van der Waals surface area contributed by atoms with Gasteiger partial charge in [0.15, 0.2) is 4.32 Å². The van der Waals surface area contributed by atoms with Crippen molar-refractivity contribution in [3.8, 4) is 11.3 Å². The number of carbonyl (C=O) groups excluding carboxylic acids is 1. The van der Waals surface area contributed by atoms with E-state index in [1.807, 2.05) is 0 Å². The third-order valence-corrected chi connectivity index (χ3v) is 5.75. The summed E-state index contributed by atoms with van der Waals surface area (Å²) in [6.07, 6.45) is 1.46. The van der Waals surface area contributed by atoms with E-state index in [0.29, 0.717) is 5.76 Å². The molecule has 1 amide bonds. The van der Waals surface area contributed by atoms with E-state index in [1.165, 1.54) is 42.5 Å². The summed E-state index contributed by atoms with van der Waals surface area (Å²) < 4.78 is 20.0. The summed E-state index contributed by atoms with van der Waals surface area (Å²) in [5.41, 5.74) is 0.123. The lowest BCUT2D eigenvalue weighted by Crippen LogP contribution is -2.28. The number of furan rings is 1. The number of nitro groups is 1. The fourth-order valence-corrected chi connectivity index (χ4v) is 4.31. The Morgan fingerprint density at radius 2 is 1.97 bits per heavy atom. The van der Waals surface area contributed by atoms with E-state index in [1.54, 1.807) is 18.2 Å². The van der Waals surface area contributed by atoms with E-state index < -0.39 is 16.6 Å². The van der Waals surface area contributed by atoms with E-state index in [4.69, 9.17) is 28.2 Å². The Morgan fingerprint density at radius 1 is 1.20 bits per heavy atom. The Bertz CT molecular complexity index is 1240. The number of rotatable bonds is 4. The number of amides is 1. The van der Waals surface area contributed by atoms with Gasteiger partial charge in [-0.1, -0.05) is 47.7 Å². The molecule has 0 N–H and O–H groups in total. The first kappa shape index (κ1) is 20.3. The number of anilines is 1. The van der Waals surface area contributed by atoms with Crippen molar-refractivity contribution in [3.05, 3.63) is 86.2 Å². The molecule has 0 spiro atoms. The fraction of sp³-hybridized carbons (Fsp3) is 0. The van der Waals surface area contributed by atoms with Crippen LogP contribution in [0.3, 0.4) is 0 Å². The number of hydrogen-bond donors (Lipinski definition) is 0. The van der Waals surface area contributed by atoms with Crippen LogP contribution in [0.4, 0.5) is 15.8 Å². The lowest BCUT2D eigenvalue weighted by Gasteiger charge is -2.14. The third kappa shape index (κ3) is 3.74. The zero-order valence-corrected chi connectivity index (χ0v) is 17.3. The highest BCUT2D eigenvalue weighted by molar-refractivity contribution is 8.27. The predicted molar refractivity (Wildman–Crippen MR) is 118 cm³/mol. The second kappa shape index (κ2) is 8.02. The largest absolute Gasteiger partial charge is 0.456 e. The number of benzene rings is 2. The van der Waals surface area contributed by atoms with Crippen molar-refractivity contribution in [3.63, 3.8) is 0 Å². The van der Waals surface area contributed by atoms with Crippen molar-refractivity contribution >= 4 is 63.3 Å². The Kier molecular flexibility index (Phi) is 5.42. The number of para-hydroxylation sites is 1. The van der Waals surface area contributed by atoms with Gasteiger partial charge in [-0.25, -0.2) is 4.39 Å². The quantitative estimate of drug-likeness (QED) is 0.204. The molecule has 10 heteroatoms. The minimum absolute atomic E-state index is 0.0697. The molecule has 3 aromatic rings. The molecule has 6 nitrogen and oxygen atoms in total. The molecule has 0 saturated carbocycles. The Hall–Kier alpha value is -3.01. The molecule has 4 rings (SSSR count). The zero-order valence-electron chi connectivity index (χ0n) is 14.9. The van der Waals surface area contributed by atoms with E-state index in [-0.39, 0.29) is 36.9 Å². The summed E-state index contributed by atoms with van der Waals surface area (Å²) in [4.78, 5) is 24.9. The van der Waals surface area contributed by atoms with Gasteiger partial charge in [-0.3, -0.25) is 19.8 Å². The lowest BCUT2D eigenvalue weighted by molar-refractivity contribution is -0.384. The predicted octanol–water partition coefficient (Wildman–Crippen LogP) is 6.05. The number of thioether (sulfide) groups is 1. The maximum absolute atomic E-state index is 14.1. The SMILES string of the molecule is O=C1/C(=C/c2ccc(-c3ccc(Cl)cc3[N+](=O)[O-])o2)SC(=S)N1c1ccccc1F. The van der Waals surface area contributed by atoms with Gasteiger partial charge >= 0.3 is 0 Å². The highest BCUT2D eigenvalue weighted by Crippen LogP contribution is 2.38. The number of nitrogens with zero attached hydrogens (tertiary/aromatic N) is 2. The molecule has 0 radical (unpaired) electrons. The monoisotopic (exact) mass is 460 g/mol. The van der Waals surface area contributed by atoms with Gasteiger partial charge in [0.1, 0.15) is 17.3 Å². The van der Waals surface area contributed by atoms with Crippen molar-refractivity contribution in [1.82, 2.24) is 0 Å². The first-order chi connectivity index (χ1) is 14.3. The molecule has 1 fully saturated rings. The minimum Gasteiger partial charge on any atom is -0.456 e. The van der Waals surface area contributed by atoms with Gasteiger partial charge in [0.2, 0.25) is 0 Å². The fourth-order valence-electron chi connectivity index (χ4n) is 2.88. The van der Waals surface area contributed by atoms with Crippen LogP contribution in [0.15, 0.2) is 63.9 Å². The highest BCUT2D eigenvalue weighted by atomic mass is 35.5. The Morgan fingerprint density at radius 3 is 2.70 bits per heavy atom. The smallest absolute Gasteiger partial charge is 0.281 e. The summed E-state index contributed by atoms with van der Waals surface area (Å²) in [5, 5.41) is 11.5. The van der Waals surface area contributed by atoms with Crippen molar-refractivity contribution in [2.75, 3.05) is 4.90 Å². The molecular formula is C20H10ClFN2O4S2. The van der Waals surface area contributed by atoms with Crippen LogP contribution >= 0.6 is 35.6 Å². The standard InChI is InChI=1S/C20H10ClFN2O4S2/c21-11-5-7-13(16(9-11)24(26)27)17-8-6-12(28-17)10-18-19(25)23(20(29)30-18)15-4-2-1-3-14(15)22/h1-10H/b18-10-. The molecule has 1 saturated heterocycles. The molecule has 2 heterocycles. The van der Waals surface area contributed by atoms with Crippen LogP contribution in [0.1, 0.15) is 5.76 Å². The number of carbonyl (C=O) groups is 1. The average molecular weight is 461 g/mol. The van der Waals surface area contributed by atoms with Crippen LogP contribution in [0.2, 0.25) is 5.02 Å². The first-order valence-corrected chi connectivity index (χ1v) is 10.0. The van der Waals surface area contributed by atoms with Gasteiger partial charge < -0.3 is 4.42 Å². The second-order valence-electron chi connectivity index (χ2n) is 6.09. The summed E-state index contributed by atoms with van der Waals surface area (Å²) in [7, 11) is 0. The van der Waals surface area contributed by atoms with E-state index >= 15 is 0 Å². The van der Waals surface area contributed by atoms with E-state index in [0.717, 1.165) is 16.7 Å². The molecule has 150 valence electrons. The molecule has 1 aliphatic rings. The molecule has 0 aliphatic carbocycles. The second-order valence-corrected chi connectivity index (χ2v) is 8.20. The molecule has 0 atom stereocenters. The van der Waals surface area contributed by atoms with Gasteiger partial charge in [0.25, 0.3) is 11.6 Å². The first-order valence-electron chi connectivity index (χ1n) is 8.42. The normalized spacial score (nSPS) is 15.3. The Labute approximate surface area is 184 Å². The van der Waals surface area contributed by atoms with Crippen LogP contribution in [0, 0.1) is 15.9 Å². The topological polar surface area (TPSA) is 76.6 Å². The van der Waals surface area contributed by atoms with Crippen molar-refractivity contribution in [1.29, 1.82) is 0 Å². The zero-order chi connectivity index (χ0) is 21.4. The van der Waals surface area contributed by atoms with E-state index in [2.05, 4.69) is 0 Å². The molecule has 1 aliphatic heterocycles. The summed E-state index contributed by atoms with van der Waals surface area (Å²) in [6, 6.07) is 13.2. The van der Waals surface area contributed by atoms with E-state index in [9.17, 15) is 19.3 Å². The van der Waals surface area contributed by atoms with Crippen molar-refractivity contribution in [2.45, 2.75) is 0 Å². The Balaban J connectivity index is 1.66.